The molecular formula is C11H7IN2S2. The van der Waals surface area contributed by atoms with E-state index in [2.05, 4.69) is 39.0 Å². The van der Waals surface area contributed by atoms with Gasteiger partial charge in [0.05, 0.1) is 13.1 Å². The first-order chi connectivity index (χ1) is 7.72. The van der Waals surface area contributed by atoms with Gasteiger partial charge < -0.3 is 5.73 Å². The lowest BCUT2D eigenvalue weighted by Crippen LogP contribution is -1.81. The highest BCUT2D eigenvalue weighted by Gasteiger charge is 2.07. The third-order valence-electron chi connectivity index (χ3n) is 2.23. The summed E-state index contributed by atoms with van der Waals surface area (Å²) in [6.07, 6.45) is 0. The van der Waals surface area contributed by atoms with Crippen LogP contribution in [0.15, 0.2) is 29.6 Å². The minimum Gasteiger partial charge on any atom is -0.399 e. The number of thiophene rings is 1. The maximum atomic E-state index is 5.76. The van der Waals surface area contributed by atoms with Crippen molar-refractivity contribution in [1.82, 2.24) is 4.98 Å². The molecule has 3 aromatic rings. The summed E-state index contributed by atoms with van der Waals surface area (Å²) in [5.74, 6) is 0. The number of hydrogen-bond acceptors (Lipinski definition) is 4. The summed E-state index contributed by atoms with van der Waals surface area (Å²) in [5.41, 5.74) is 8.78. The van der Waals surface area contributed by atoms with Crippen molar-refractivity contribution in [3.63, 3.8) is 0 Å². The molecule has 3 rings (SSSR count). The fourth-order valence-corrected chi connectivity index (χ4v) is 3.89. The first-order valence-electron chi connectivity index (χ1n) is 4.63. The van der Waals surface area contributed by atoms with E-state index in [4.69, 9.17) is 5.73 Å². The largest absolute Gasteiger partial charge is 0.399 e. The molecule has 0 saturated heterocycles. The zero-order valence-corrected chi connectivity index (χ0v) is 11.9. The van der Waals surface area contributed by atoms with Crippen LogP contribution in [0.2, 0.25) is 0 Å². The van der Waals surface area contributed by atoms with Crippen molar-refractivity contribution in [2.75, 3.05) is 5.73 Å². The predicted octanol–water partition coefficient (Wildman–Crippen LogP) is 4.21. The van der Waals surface area contributed by atoms with Crippen molar-refractivity contribution < 1.29 is 0 Å². The van der Waals surface area contributed by atoms with Gasteiger partial charge in [-0.15, -0.1) is 22.7 Å². The lowest BCUT2D eigenvalue weighted by Gasteiger charge is -1.89. The van der Waals surface area contributed by atoms with Gasteiger partial charge in [-0.3, -0.25) is 0 Å². The zero-order chi connectivity index (χ0) is 11.1. The van der Waals surface area contributed by atoms with Gasteiger partial charge in [-0.1, -0.05) is 0 Å². The number of fused-ring (bicyclic) bond motifs is 1. The molecule has 0 aliphatic rings. The predicted molar refractivity (Wildman–Crippen MR) is 80.1 cm³/mol. The van der Waals surface area contributed by atoms with E-state index < -0.39 is 0 Å². The maximum absolute atomic E-state index is 5.76. The Morgan fingerprint density at radius 1 is 1.25 bits per heavy atom. The highest BCUT2D eigenvalue weighted by molar-refractivity contribution is 14.1. The smallest absolute Gasteiger partial charge is 0.125 e. The van der Waals surface area contributed by atoms with E-state index in [1.54, 1.807) is 22.7 Å². The third-order valence-corrected chi connectivity index (χ3v) is 5.08. The molecule has 0 saturated carbocycles. The molecule has 0 unspecified atom stereocenters. The van der Waals surface area contributed by atoms with Crippen molar-refractivity contribution in [2.45, 2.75) is 0 Å². The molecule has 0 aliphatic carbocycles. The average molecular weight is 358 g/mol. The Morgan fingerprint density at radius 3 is 2.88 bits per heavy atom. The van der Waals surface area contributed by atoms with E-state index >= 15 is 0 Å². The number of nitrogens with two attached hydrogens (primary N) is 1. The molecule has 1 aromatic carbocycles. The lowest BCUT2D eigenvalue weighted by molar-refractivity contribution is 1.49. The fourth-order valence-electron chi connectivity index (χ4n) is 1.49. The molecule has 0 aliphatic heterocycles. The number of thiazole rings is 1. The molecule has 16 heavy (non-hydrogen) atoms. The van der Waals surface area contributed by atoms with Gasteiger partial charge in [-0.05, 0) is 46.9 Å². The summed E-state index contributed by atoms with van der Waals surface area (Å²) in [7, 11) is 0. The van der Waals surface area contributed by atoms with Gasteiger partial charge >= 0.3 is 0 Å². The van der Waals surface area contributed by atoms with Gasteiger partial charge in [-0.25, -0.2) is 4.98 Å². The second-order valence-corrected chi connectivity index (χ2v) is 7.22. The number of benzene rings is 1. The van der Waals surface area contributed by atoms with Crippen LogP contribution in [0.5, 0.6) is 0 Å². The molecule has 2 N–H and O–H groups in total. The van der Waals surface area contributed by atoms with Crippen LogP contribution in [0.3, 0.4) is 0 Å². The van der Waals surface area contributed by atoms with Gasteiger partial charge in [0.1, 0.15) is 5.01 Å². The van der Waals surface area contributed by atoms with Crippen LogP contribution in [0.25, 0.3) is 20.8 Å². The maximum Gasteiger partial charge on any atom is 0.125 e. The first kappa shape index (κ1) is 10.5. The lowest BCUT2D eigenvalue weighted by atomic mass is 10.3. The number of halogens is 1. The minimum atomic E-state index is 0.794. The van der Waals surface area contributed by atoms with E-state index in [0.29, 0.717) is 0 Å². The van der Waals surface area contributed by atoms with Crippen LogP contribution in [0.4, 0.5) is 5.69 Å². The number of hydrogen-bond donors (Lipinski definition) is 1. The zero-order valence-electron chi connectivity index (χ0n) is 8.11. The minimum absolute atomic E-state index is 0.794. The molecule has 0 radical (unpaired) electrons. The van der Waals surface area contributed by atoms with Gasteiger partial charge in [-0.2, -0.15) is 0 Å². The molecule has 0 atom stereocenters. The summed E-state index contributed by atoms with van der Waals surface area (Å²) in [6, 6.07) is 8.01. The SMILES string of the molecule is Nc1ccc2nc(-c3csc(I)c3)sc2c1. The van der Waals surface area contributed by atoms with Crippen LogP contribution in [0, 0.1) is 2.88 Å². The highest BCUT2D eigenvalue weighted by Crippen LogP contribution is 2.33. The molecule has 5 heteroatoms. The topological polar surface area (TPSA) is 38.9 Å². The Morgan fingerprint density at radius 2 is 2.12 bits per heavy atom. The second kappa shape index (κ2) is 3.97. The van der Waals surface area contributed by atoms with Crippen LogP contribution in [0.1, 0.15) is 0 Å². The van der Waals surface area contributed by atoms with Crippen LogP contribution < -0.4 is 5.73 Å². The van der Waals surface area contributed by atoms with Crippen molar-refractivity contribution in [3.05, 3.63) is 32.5 Å². The molecule has 0 bridgehead atoms. The number of rotatable bonds is 1. The standard InChI is InChI=1S/C11H7IN2S2/c12-10-3-6(5-15-10)11-14-8-2-1-7(13)4-9(8)16-11/h1-5H,13H2. The van der Waals surface area contributed by atoms with Crippen LogP contribution in [-0.2, 0) is 0 Å². The van der Waals surface area contributed by atoms with Crippen molar-refractivity contribution in [2.24, 2.45) is 0 Å². The Balaban J connectivity index is 2.18. The Bertz CT molecular complexity index is 657. The van der Waals surface area contributed by atoms with E-state index in [0.717, 1.165) is 20.9 Å². The van der Waals surface area contributed by atoms with E-state index in [1.165, 1.54) is 8.45 Å². The second-order valence-electron chi connectivity index (χ2n) is 3.39. The normalized spacial score (nSPS) is 11.1. The monoisotopic (exact) mass is 358 g/mol. The van der Waals surface area contributed by atoms with E-state index in [1.807, 2.05) is 18.2 Å². The van der Waals surface area contributed by atoms with Gasteiger partial charge in [0, 0.05) is 16.6 Å². The third kappa shape index (κ3) is 1.83. The average Bonchev–Trinajstić information content (AvgIpc) is 2.83. The molecule has 80 valence electrons. The summed E-state index contributed by atoms with van der Waals surface area (Å²) >= 11 is 5.76. The Kier molecular flexibility index (Phi) is 2.61. The number of nitrogens with zero attached hydrogens (tertiary/aromatic N) is 1. The number of aromatic nitrogens is 1. The quantitative estimate of drug-likeness (QED) is 0.523. The highest BCUT2D eigenvalue weighted by atomic mass is 127. The van der Waals surface area contributed by atoms with Gasteiger partial charge in [0.15, 0.2) is 0 Å². The molecule has 2 nitrogen and oxygen atoms in total. The summed E-state index contributed by atoms with van der Waals surface area (Å²) in [4.78, 5) is 4.60. The number of nitrogen functional groups attached to an aromatic ring is 1. The summed E-state index contributed by atoms with van der Waals surface area (Å²) in [5, 5.41) is 3.21. The van der Waals surface area contributed by atoms with Crippen LogP contribution >= 0.6 is 45.3 Å². The van der Waals surface area contributed by atoms with Crippen molar-refractivity contribution >= 4 is 61.2 Å². The van der Waals surface area contributed by atoms with Crippen molar-refractivity contribution in [1.29, 1.82) is 0 Å². The molecule has 2 aromatic heterocycles. The molecule has 2 heterocycles. The molecule has 0 fully saturated rings. The molecular weight excluding hydrogens is 351 g/mol. The Hall–Kier alpha value is -0.660. The Labute approximate surface area is 114 Å². The van der Waals surface area contributed by atoms with Gasteiger partial charge in [0.2, 0.25) is 0 Å². The fraction of sp³-hybridized carbons (Fsp3) is 0. The van der Waals surface area contributed by atoms with E-state index in [9.17, 15) is 0 Å². The molecule has 0 amide bonds. The summed E-state index contributed by atoms with van der Waals surface area (Å²) in [6.45, 7) is 0. The first-order valence-corrected chi connectivity index (χ1v) is 7.40. The van der Waals surface area contributed by atoms with Crippen molar-refractivity contribution in [3.8, 4) is 10.6 Å². The van der Waals surface area contributed by atoms with Crippen LogP contribution in [-0.4, -0.2) is 4.98 Å². The van der Waals surface area contributed by atoms with Gasteiger partial charge in [0.25, 0.3) is 0 Å². The summed E-state index contributed by atoms with van der Waals surface area (Å²) < 4.78 is 2.43. The number of anilines is 1. The van der Waals surface area contributed by atoms with E-state index in [-0.39, 0.29) is 0 Å². The molecule has 0 spiro atoms.